The van der Waals surface area contributed by atoms with Crippen molar-refractivity contribution in [3.8, 4) is 5.75 Å². The van der Waals surface area contributed by atoms with Gasteiger partial charge in [-0.3, -0.25) is 19.7 Å². The van der Waals surface area contributed by atoms with Crippen molar-refractivity contribution in [3.05, 3.63) is 28.3 Å². The van der Waals surface area contributed by atoms with Crippen LogP contribution in [-0.4, -0.2) is 35.6 Å². The van der Waals surface area contributed by atoms with Gasteiger partial charge in [-0.05, 0) is 6.07 Å². The Morgan fingerprint density at radius 3 is 2.75 bits per heavy atom. The number of amides is 1. The number of hydrogen-bond acceptors (Lipinski definition) is 5. The number of hydrogen-bond donors (Lipinski definition) is 1. The summed E-state index contributed by atoms with van der Waals surface area (Å²) in [5, 5.41) is 19.7. The molecule has 0 spiro atoms. The molecule has 0 aliphatic carbocycles. The third-order valence-corrected chi connectivity index (χ3v) is 3.14. The molecule has 0 saturated carbocycles. The van der Waals surface area contributed by atoms with Crippen molar-refractivity contribution in [1.29, 1.82) is 0 Å². The van der Waals surface area contributed by atoms with Gasteiger partial charge in [-0.1, -0.05) is 0 Å². The number of nitro benzene ring substituents is 1. The summed E-state index contributed by atoms with van der Waals surface area (Å²) in [5.41, 5.74) is 0.0304. The highest BCUT2D eigenvalue weighted by Gasteiger charge is 2.36. The van der Waals surface area contributed by atoms with Gasteiger partial charge in [0.25, 0.3) is 5.69 Å². The van der Waals surface area contributed by atoms with Crippen LogP contribution >= 0.6 is 0 Å². The lowest BCUT2D eigenvalue weighted by molar-refractivity contribution is -0.384. The smallest absolute Gasteiger partial charge is 0.308 e. The fraction of sp³-hybridized carbons (Fsp3) is 0.333. The molecule has 8 nitrogen and oxygen atoms in total. The Morgan fingerprint density at radius 2 is 2.25 bits per heavy atom. The summed E-state index contributed by atoms with van der Waals surface area (Å²) >= 11 is 0. The molecule has 1 aliphatic rings. The third kappa shape index (κ3) is 2.40. The average molecular weight is 280 g/mol. The largest absolute Gasteiger partial charge is 0.495 e. The summed E-state index contributed by atoms with van der Waals surface area (Å²) in [6.07, 6.45) is -0.124. The van der Waals surface area contributed by atoms with E-state index in [-0.39, 0.29) is 30.1 Å². The van der Waals surface area contributed by atoms with Crippen LogP contribution in [0.25, 0.3) is 0 Å². The Labute approximate surface area is 113 Å². The van der Waals surface area contributed by atoms with Gasteiger partial charge in [0.15, 0.2) is 0 Å². The lowest BCUT2D eigenvalue weighted by atomic mass is 10.1. The predicted molar refractivity (Wildman–Crippen MR) is 67.7 cm³/mol. The summed E-state index contributed by atoms with van der Waals surface area (Å²) in [6.45, 7) is -0.0221. The van der Waals surface area contributed by atoms with Crippen LogP contribution in [0, 0.1) is 16.0 Å². The first kappa shape index (κ1) is 13.8. The van der Waals surface area contributed by atoms with E-state index in [4.69, 9.17) is 9.84 Å². The van der Waals surface area contributed by atoms with Crippen molar-refractivity contribution >= 4 is 23.3 Å². The Hall–Kier alpha value is -2.64. The molecule has 20 heavy (non-hydrogen) atoms. The first-order valence-corrected chi connectivity index (χ1v) is 5.79. The molecule has 2 rings (SSSR count). The van der Waals surface area contributed by atoms with Gasteiger partial charge in [-0.2, -0.15) is 0 Å². The minimum absolute atomic E-state index is 0.0221. The molecule has 1 atom stereocenters. The Bertz CT molecular complexity index is 585. The van der Waals surface area contributed by atoms with Crippen LogP contribution in [0.4, 0.5) is 11.4 Å². The molecule has 0 aromatic heterocycles. The summed E-state index contributed by atoms with van der Waals surface area (Å²) in [5.74, 6) is -1.98. The van der Waals surface area contributed by atoms with E-state index in [0.29, 0.717) is 0 Å². The molecule has 1 heterocycles. The number of aliphatic carboxylic acids is 1. The Balaban J connectivity index is 2.40. The predicted octanol–water partition coefficient (Wildman–Crippen LogP) is 1.04. The van der Waals surface area contributed by atoms with Crippen LogP contribution in [0.3, 0.4) is 0 Å². The summed E-state index contributed by atoms with van der Waals surface area (Å²) in [4.78, 5) is 34.2. The number of carbonyl (C=O) groups excluding carboxylic acids is 1. The van der Waals surface area contributed by atoms with E-state index in [1.807, 2.05) is 0 Å². The monoisotopic (exact) mass is 280 g/mol. The number of anilines is 1. The van der Waals surface area contributed by atoms with Crippen molar-refractivity contribution in [2.24, 2.45) is 5.92 Å². The zero-order valence-corrected chi connectivity index (χ0v) is 10.6. The maximum Gasteiger partial charge on any atom is 0.308 e. The maximum absolute atomic E-state index is 11.9. The number of carbonyl (C=O) groups is 2. The van der Waals surface area contributed by atoms with Crippen molar-refractivity contribution in [2.45, 2.75) is 6.42 Å². The Morgan fingerprint density at radius 1 is 1.55 bits per heavy atom. The second-order valence-corrected chi connectivity index (χ2v) is 4.36. The molecule has 1 aliphatic heterocycles. The summed E-state index contributed by atoms with van der Waals surface area (Å²) in [7, 11) is 1.37. The molecular formula is C12H12N2O6. The second-order valence-electron chi connectivity index (χ2n) is 4.36. The van der Waals surface area contributed by atoms with Gasteiger partial charge in [-0.25, -0.2) is 0 Å². The van der Waals surface area contributed by atoms with E-state index in [9.17, 15) is 19.7 Å². The van der Waals surface area contributed by atoms with Crippen LogP contribution in [0.15, 0.2) is 18.2 Å². The van der Waals surface area contributed by atoms with Crippen molar-refractivity contribution in [2.75, 3.05) is 18.6 Å². The minimum Gasteiger partial charge on any atom is -0.495 e. The van der Waals surface area contributed by atoms with Crippen LogP contribution in [0.5, 0.6) is 5.75 Å². The molecule has 1 amide bonds. The van der Waals surface area contributed by atoms with Gasteiger partial charge in [0.2, 0.25) is 5.91 Å². The summed E-state index contributed by atoms with van der Waals surface area (Å²) in [6, 6.07) is 3.85. The number of non-ortho nitro benzene ring substituents is 1. The van der Waals surface area contributed by atoms with Crippen molar-refractivity contribution in [3.63, 3.8) is 0 Å². The molecule has 0 bridgehead atoms. The molecule has 1 N–H and O–H groups in total. The van der Waals surface area contributed by atoms with E-state index in [1.165, 1.54) is 30.2 Å². The lowest BCUT2D eigenvalue weighted by Crippen LogP contribution is -2.26. The standard InChI is InChI=1S/C12H12N2O6/c1-20-10-3-2-8(14(18)19)5-9(10)13-6-7(12(16)17)4-11(13)15/h2-3,5,7H,4,6H2,1H3,(H,16,17)/t7-/m0/s1. The summed E-state index contributed by atoms with van der Waals surface area (Å²) < 4.78 is 5.07. The van der Waals surface area contributed by atoms with E-state index >= 15 is 0 Å². The first-order chi connectivity index (χ1) is 9.43. The third-order valence-electron chi connectivity index (χ3n) is 3.14. The highest BCUT2D eigenvalue weighted by Crippen LogP contribution is 2.35. The SMILES string of the molecule is COc1ccc([N+](=O)[O-])cc1N1C[C@@H](C(=O)O)CC1=O. The van der Waals surface area contributed by atoms with Crippen molar-refractivity contribution < 1.29 is 24.4 Å². The molecule has 1 fully saturated rings. The number of nitrogens with zero attached hydrogens (tertiary/aromatic N) is 2. The lowest BCUT2D eigenvalue weighted by Gasteiger charge is -2.18. The molecule has 1 aromatic rings. The van der Waals surface area contributed by atoms with Gasteiger partial charge in [0, 0.05) is 25.1 Å². The number of rotatable bonds is 4. The number of carboxylic acid groups (broad SMARTS) is 1. The highest BCUT2D eigenvalue weighted by molar-refractivity contribution is 6.00. The fourth-order valence-corrected chi connectivity index (χ4v) is 2.11. The zero-order valence-electron chi connectivity index (χ0n) is 10.6. The topological polar surface area (TPSA) is 110 Å². The molecule has 8 heteroatoms. The maximum atomic E-state index is 11.9. The number of benzene rings is 1. The zero-order chi connectivity index (χ0) is 14.9. The number of methoxy groups -OCH3 is 1. The van der Waals surface area contributed by atoms with Crippen LogP contribution < -0.4 is 9.64 Å². The van der Waals surface area contributed by atoms with Crippen LogP contribution in [0.2, 0.25) is 0 Å². The fourth-order valence-electron chi connectivity index (χ4n) is 2.11. The van der Waals surface area contributed by atoms with Gasteiger partial charge < -0.3 is 14.7 Å². The van der Waals surface area contributed by atoms with Crippen molar-refractivity contribution in [1.82, 2.24) is 0 Å². The first-order valence-electron chi connectivity index (χ1n) is 5.79. The number of nitro groups is 1. The van der Waals surface area contributed by atoms with Gasteiger partial charge in [0.1, 0.15) is 5.75 Å². The van der Waals surface area contributed by atoms with Crippen LogP contribution in [0.1, 0.15) is 6.42 Å². The van der Waals surface area contributed by atoms with E-state index in [2.05, 4.69) is 0 Å². The number of carboxylic acids is 1. The molecule has 0 radical (unpaired) electrons. The highest BCUT2D eigenvalue weighted by atomic mass is 16.6. The van der Waals surface area contributed by atoms with Crippen LogP contribution in [-0.2, 0) is 9.59 Å². The number of ether oxygens (including phenoxy) is 1. The molecule has 1 saturated heterocycles. The average Bonchev–Trinajstić information content (AvgIpc) is 2.80. The van der Waals surface area contributed by atoms with E-state index < -0.39 is 22.7 Å². The normalized spacial score (nSPS) is 18.1. The molecule has 0 unspecified atom stereocenters. The molecule has 1 aromatic carbocycles. The van der Waals surface area contributed by atoms with Gasteiger partial charge >= 0.3 is 5.97 Å². The molecular weight excluding hydrogens is 268 g/mol. The minimum atomic E-state index is -1.06. The van der Waals surface area contributed by atoms with E-state index in [1.54, 1.807) is 0 Å². The van der Waals surface area contributed by atoms with E-state index in [0.717, 1.165) is 0 Å². The Kier molecular flexibility index (Phi) is 3.55. The van der Waals surface area contributed by atoms with Gasteiger partial charge in [-0.15, -0.1) is 0 Å². The molecule has 106 valence electrons. The van der Waals surface area contributed by atoms with Gasteiger partial charge in [0.05, 0.1) is 23.6 Å². The quantitative estimate of drug-likeness (QED) is 0.651. The second kappa shape index (κ2) is 5.16.